The molecule has 0 radical (unpaired) electrons. The Hall–Kier alpha value is -0.190. The molecular weight excluding hydrogens is 198 g/mol. The molecule has 14 heavy (non-hydrogen) atoms. The molecular formula is C10H21NO2S. The van der Waals surface area contributed by atoms with Gasteiger partial charge in [0, 0.05) is 25.7 Å². The van der Waals surface area contributed by atoms with Crippen molar-refractivity contribution in [2.75, 3.05) is 13.2 Å². The van der Waals surface area contributed by atoms with E-state index in [0.29, 0.717) is 13.2 Å². The predicted octanol–water partition coefficient (Wildman–Crippen LogP) is 2.10. The van der Waals surface area contributed by atoms with Gasteiger partial charge in [-0.1, -0.05) is 12.2 Å². The lowest BCUT2D eigenvalue weighted by molar-refractivity contribution is -0.141. The predicted molar refractivity (Wildman–Crippen MR) is 62.5 cm³/mol. The standard InChI is InChI=1S/C10H21NO2S/c1-5-12-10(13-6-2)7-8(3)11-9(4)14/h8,10H,5-7H2,1-4H3,(H,11,14). The van der Waals surface area contributed by atoms with E-state index in [9.17, 15) is 0 Å². The zero-order valence-corrected chi connectivity index (χ0v) is 10.3. The molecule has 0 aliphatic carbocycles. The Balaban J connectivity index is 3.81. The van der Waals surface area contributed by atoms with Gasteiger partial charge in [-0.05, 0) is 27.7 Å². The highest BCUT2D eigenvalue weighted by Crippen LogP contribution is 2.04. The first-order valence-corrected chi connectivity index (χ1v) is 5.51. The van der Waals surface area contributed by atoms with E-state index in [0.717, 1.165) is 11.4 Å². The molecule has 0 amide bonds. The van der Waals surface area contributed by atoms with E-state index >= 15 is 0 Å². The maximum atomic E-state index is 5.43. The summed E-state index contributed by atoms with van der Waals surface area (Å²) in [5.74, 6) is 0. The molecule has 0 aromatic heterocycles. The zero-order chi connectivity index (χ0) is 11.0. The highest BCUT2D eigenvalue weighted by atomic mass is 32.1. The van der Waals surface area contributed by atoms with Crippen LogP contribution < -0.4 is 5.32 Å². The molecule has 0 heterocycles. The van der Waals surface area contributed by atoms with Gasteiger partial charge in [-0.3, -0.25) is 0 Å². The Morgan fingerprint density at radius 1 is 1.29 bits per heavy atom. The highest BCUT2D eigenvalue weighted by molar-refractivity contribution is 7.80. The molecule has 1 atom stereocenters. The molecule has 0 bridgehead atoms. The molecule has 0 rings (SSSR count). The SMILES string of the molecule is CCOC(CC(C)NC(C)=S)OCC. The van der Waals surface area contributed by atoms with Crippen molar-refractivity contribution in [1.82, 2.24) is 5.32 Å². The first-order chi connectivity index (χ1) is 6.60. The number of ether oxygens (including phenoxy) is 2. The quantitative estimate of drug-likeness (QED) is 0.525. The van der Waals surface area contributed by atoms with Gasteiger partial charge < -0.3 is 14.8 Å². The zero-order valence-electron chi connectivity index (χ0n) is 9.50. The molecule has 0 spiro atoms. The van der Waals surface area contributed by atoms with Crippen molar-refractivity contribution in [2.24, 2.45) is 0 Å². The van der Waals surface area contributed by atoms with Crippen molar-refractivity contribution in [3.05, 3.63) is 0 Å². The third kappa shape index (κ3) is 7.24. The van der Waals surface area contributed by atoms with Gasteiger partial charge in [0.25, 0.3) is 0 Å². The van der Waals surface area contributed by atoms with Crippen LogP contribution in [-0.4, -0.2) is 30.5 Å². The molecule has 1 N–H and O–H groups in total. The van der Waals surface area contributed by atoms with E-state index in [1.807, 2.05) is 20.8 Å². The van der Waals surface area contributed by atoms with Crippen LogP contribution in [0.5, 0.6) is 0 Å². The number of rotatable bonds is 7. The number of nitrogens with one attached hydrogen (secondary N) is 1. The summed E-state index contributed by atoms with van der Waals surface area (Å²) >= 11 is 4.96. The number of thiocarbonyl (C=S) groups is 1. The van der Waals surface area contributed by atoms with Crippen LogP contribution in [0, 0.1) is 0 Å². The molecule has 0 fully saturated rings. The number of hydrogen-bond acceptors (Lipinski definition) is 3. The molecule has 0 aromatic rings. The summed E-state index contributed by atoms with van der Waals surface area (Å²) in [4.78, 5) is 0.809. The second-order valence-corrected chi connectivity index (χ2v) is 3.79. The van der Waals surface area contributed by atoms with Crippen LogP contribution in [-0.2, 0) is 9.47 Å². The summed E-state index contributed by atoms with van der Waals surface area (Å²) in [5.41, 5.74) is 0. The second-order valence-electron chi connectivity index (χ2n) is 3.18. The third-order valence-electron chi connectivity index (χ3n) is 1.70. The first-order valence-electron chi connectivity index (χ1n) is 5.10. The summed E-state index contributed by atoms with van der Waals surface area (Å²) in [6.45, 7) is 9.23. The van der Waals surface area contributed by atoms with Gasteiger partial charge in [0.1, 0.15) is 0 Å². The highest BCUT2D eigenvalue weighted by Gasteiger charge is 2.12. The van der Waals surface area contributed by atoms with Gasteiger partial charge in [0.15, 0.2) is 6.29 Å². The lowest BCUT2D eigenvalue weighted by Crippen LogP contribution is -2.34. The van der Waals surface area contributed by atoms with E-state index in [1.54, 1.807) is 0 Å². The van der Waals surface area contributed by atoms with Crippen molar-refractivity contribution >= 4 is 17.2 Å². The lowest BCUT2D eigenvalue weighted by Gasteiger charge is -2.21. The fourth-order valence-electron chi connectivity index (χ4n) is 1.25. The van der Waals surface area contributed by atoms with E-state index < -0.39 is 0 Å². The monoisotopic (exact) mass is 219 g/mol. The third-order valence-corrected chi connectivity index (χ3v) is 1.82. The average molecular weight is 219 g/mol. The fourth-order valence-corrected chi connectivity index (χ4v) is 1.45. The van der Waals surface area contributed by atoms with Gasteiger partial charge in [-0.2, -0.15) is 0 Å². The van der Waals surface area contributed by atoms with E-state index in [1.165, 1.54) is 0 Å². The van der Waals surface area contributed by atoms with Gasteiger partial charge in [0.2, 0.25) is 0 Å². The van der Waals surface area contributed by atoms with Crippen LogP contribution in [0.3, 0.4) is 0 Å². The smallest absolute Gasteiger partial charge is 0.159 e. The maximum Gasteiger partial charge on any atom is 0.159 e. The van der Waals surface area contributed by atoms with Crippen LogP contribution in [0.4, 0.5) is 0 Å². The van der Waals surface area contributed by atoms with E-state index in [-0.39, 0.29) is 12.3 Å². The Labute approximate surface area is 92.2 Å². The molecule has 0 aromatic carbocycles. The molecule has 0 saturated carbocycles. The van der Waals surface area contributed by atoms with Gasteiger partial charge >= 0.3 is 0 Å². The van der Waals surface area contributed by atoms with Crippen LogP contribution in [0.1, 0.15) is 34.1 Å². The summed E-state index contributed by atoms with van der Waals surface area (Å²) in [6, 6.07) is 0.288. The minimum atomic E-state index is -0.123. The van der Waals surface area contributed by atoms with Gasteiger partial charge in [-0.15, -0.1) is 0 Å². The van der Waals surface area contributed by atoms with Crippen molar-refractivity contribution in [3.8, 4) is 0 Å². The first kappa shape index (κ1) is 13.8. The summed E-state index contributed by atoms with van der Waals surface area (Å²) in [5, 5.41) is 3.16. The minimum absolute atomic E-state index is 0.123. The Bertz CT molecular complexity index is 158. The molecule has 0 saturated heterocycles. The van der Waals surface area contributed by atoms with Crippen LogP contribution in [0.15, 0.2) is 0 Å². The van der Waals surface area contributed by atoms with Crippen molar-refractivity contribution in [1.29, 1.82) is 0 Å². The van der Waals surface area contributed by atoms with Crippen LogP contribution in [0.2, 0.25) is 0 Å². The van der Waals surface area contributed by atoms with Gasteiger partial charge in [0.05, 0.1) is 4.99 Å². The largest absolute Gasteiger partial charge is 0.377 e. The number of hydrogen-bond donors (Lipinski definition) is 1. The van der Waals surface area contributed by atoms with Crippen molar-refractivity contribution < 1.29 is 9.47 Å². The lowest BCUT2D eigenvalue weighted by atomic mass is 10.2. The Morgan fingerprint density at radius 2 is 1.79 bits per heavy atom. The summed E-state index contributed by atoms with van der Waals surface area (Å²) in [7, 11) is 0. The Morgan fingerprint density at radius 3 is 2.14 bits per heavy atom. The average Bonchev–Trinajstić information content (AvgIpc) is 2.03. The van der Waals surface area contributed by atoms with Crippen LogP contribution in [0.25, 0.3) is 0 Å². The van der Waals surface area contributed by atoms with E-state index in [4.69, 9.17) is 21.7 Å². The van der Waals surface area contributed by atoms with Crippen molar-refractivity contribution in [3.63, 3.8) is 0 Å². The van der Waals surface area contributed by atoms with Crippen LogP contribution >= 0.6 is 12.2 Å². The molecule has 0 aliphatic heterocycles. The minimum Gasteiger partial charge on any atom is -0.377 e. The molecule has 1 unspecified atom stereocenters. The fraction of sp³-hybridized carbons (Fsp3) is 0.900. The second kappa shape index (κ2) is 8.15. The molecule has 3 nitrogen and oxygen atoms in total. The van der Waals surface area contributed by atoms with E-state index in [2.05, 4.69) is 12.2 Å². The maximum absolute atomic E-state index is 5.43. The normalized spacial score (nSPS) is 12.9. The summed E-state index contributed by atoms with van der Waals surface area (Å²) < 4.78 is 10.9. The molecule has 4 heteroatoms. The van der Waals surface area contributed by atoms with Crippen molar-refractivity contribution in [2.45, 2.75) is 46.4 Å². The topological polar surface area (TPSA) is 30.5 Å². The summed E-state index contributed by atoms with van der Waals surface area (Å²) in [6.07, 6.45) is 0.692. The molecule has 84 valence electrons. The Kier molecular flexibility index (Phi) is 8.04. The van der Waals surface area contributed by atoms with Gasteiger partial charge in [-0.25, -0.2) is 0 Å². The molecule has 0 aliphatic rings.